The van der Waals surface area contributed by atoms with Crippen LogP contribution in [0.3, 0.4) is 0 Å². The van der Waals surface area contributed by atoms with Crippen molar-refractivity contribution in [2.75, 3.05) is 27.2 Å². The van der Waals surface area contributed by atoms with Crippen molar-refractivity contribution in [1.82, 2.24) is 20.0 Å². The van der Waals surface area contributed by atoms with Crippen LogP contribution in [0.1, 0.15) is 16.1 Å². The molecular weight excluding hydrogens is 343 g/mol. The van der Waals surface area contributed by atoms with E-state index in [1.54, 1.807) is 22.9 Å². The number of likely N-dealkylation sites (N-methyl/N-ethyl adjacent to an activating group) is 1. The molecule has 3 aromatic rings. The summed E-state index contributed by atoms with van der Waals surface area (Å²) in [6, 6.07) is 15.6. The molecule has 0 radical (unpaired) electrons. The molecular formula is C21H23FN4O. The normalized spacial score (nSPS) is 11.0. The third-order valence-electron chi connectivity index (χ3n) is 4.21. The number of aromatic nitrogens is 2. The van der Waals surface area contributed by atoms with Crippen LogP contribution in [0.5, 0.6) is 0 Å². The monoisotopic (exact) mass is 366 g/mol. The summed E-state index contributed by atoms with van der Waals surface area (Å²) in [7, 11) is 3.91. The average molecular weight is 366 g/mol. The maximum Gasteiger partial charge on any atom is 0.270 e. The van der Waals surface area contributed by atoms with Gasteiger partial charge in [0.05, 0.1) is 11.4 Å². The van der Waals surface area contributed by atoms with E-state index in [4.69, 9.17) is 0 Å². The van der Waals surface area contributed by atoms with E-state index in [1.807, 2.05) is 50.2 Å². The molecule has 1 amide bonds. The Balaban J connectivity index is 1.97. The predicted octanol–water partition coefficient (Wildman–Crippen LogP) is 3.28. The fraction of sp³-hybridized carbons (Fsp3) is 0.238. The zero-order valence-corrected chi connectivity index (χ0v) is 15.7. The molecule has 0 fully saturated rings. The molecule has 1 N–H and O–H groups in total. The number of aryl methyl sites for hydroxylation is 1. The summed E-state index contributed by atoms with van der Waals surface area (Å²) in [6.45, 7) is 3.29. The van der Waals surface area contributed by atoms with Crippen molar-refractivity contribution in [2.24, 2.45) is 0 Å². The maximum absolute atomic E-state index is 13.2. The Bertz CT molecular complexity index is 914. The molecule has 1 heterocycles. The molecule has 3 rings (SSSR count). The van der Waals surface area contributed by atoms with E-state index in [1.165, 1.54) is 12.1 Å². The van der Waals surface area contributed by atoms with Gasteiger partial charge in [-0.2, -0.15) is 5.10 Å². The van der Waals surface area contributed by atoms with Crippen LogP contribution >= 0.6 is 0 Å². The van der Waals surface area contributed by atoms with Crippen molar-refractivity contribution in [3.8, 4) is 16.9 Å². The maximum atomic E-state index is 13.2. The third-order valence-corrected chi connectivity index (χ3v) is 4.21. The number of benzene rings is 2. The largest absolute Gasteiger partial charge is 0.349 e. The second kappa shape index (κ2) is 8.14. The first-order valence-electron chi connectivity index (χ1n) is 8.80. The van der Waals surface area contributed by atoms with Gasteiger partial charge in [0.25, 0.3) is 5.91 Å². The molecule has 0 unspecified atom stereocenters. The molecule has 0 aliphatic heterocycles. The number of rotatable bonds is 6. The quantitative estimate of drug-likeness (QED) is 0.728. The van der Waals surface area contributed by atoms with Crippen LogP contribution in [-0.2, 0) is 0 Å². The molecule has 6 heteroatoms. The Kier molecular flexibility index (Phi) is 5.66. The predicted molar refractivity (Wildman–Crippen MR) is 105 cm³/mol. The van der Waals surface area contributed by atoms with E-state index in [0.717, 1.165) is 23.4 Å². The lowest BCUT2D eigenvalue weighted by molar-refractivity contribution is 0.0943. The Morgan fingerprint density at radius 1 is 1.11 bits per heavy atom. The lowest BCUT2D eigenvalue weighted by atomic mass is 10.1. The van der Waals surface area contributed by atoms with Gasteiger partial charge >= 0.3 is 0 Å². The summed E-state index contributed by atoms with van der Waals surface area (Å²) < 4.78 is 14.9. The minimum Gasteiger partial charge on any atom is -0.349 e. The third kappa shape index (κ3) is 4.60. The van der Waals surface area contributed by atoms with Crippen LogP contribution < -0.4 is 5.32 Å². The van der Waals surface area contributed by atoms with Crippen LogP contribution in [0.2, 0.25) is 0 Å². The van der Waals surface area contributed by atoms with Gasteiger partial charge in [-0.1, -0.05) is 17.7 Å². The van der Waals surface area contributed by atoms with Gasteiger partial charge in [-0.3, -0.25) is 4.79 Å². The van der Waals surface area contributed by atoms with E-state index in [0.29, 0.717) is 17.9 Å². The standard InChI is InChI=1S/C21H23FN4O/c1-15-4-10-18(11-5-15)26-20(21(27)23-12-13-25(2)3)14-19(24-26)16-6-8-17(22)9-7-16/h4-11,14H,12-13H2,1-3H3,(H,23,27). The van der Waals surface area contributed by atoms with Gasteiger partial charge in [0, 0.05) is 18.7 Å². The average Bonchev–Trinajstić information content (AvgIpc) is 3.08. The number of amides is 1. The second-order valence-electron chi connectivity index (χ2n) is 6.73. The molecule has 0 bridgehead atoms. The van der Waals surface area contributed by atoms with E-state index >= 15 is 0 Å². The highest BCUT2D eigenvalue weighted by Crippen LogP contribution is 2.22. The first kappa shape index (κ1) is 18.8. The van der Waals surface area contributed by atoms with Crippen molar-refractivity contribution in [3.63, 3.8) is 0 Å². The molecule has 0 aliphatic carbocycles. The summed E-state index contributed by atoms with van der Waals surface area (Å²) in [5.74, 6) is -0.503. The fourth-order valence-corrected chi connectivity index (χ4v) is 2.67. The number of carbonyl (C=O) groups excluding carboxylic acids is 1. The molecule has 0 saturated heterocycles. The molecule has 140 valence electrons. The highest BCUT2D eigenvalue weighted by atomic mass is 19.1. The van der Waals surface area contributed by atoms with Gasteiger partial charge in [-0.25, -0.2) is 9.07 Å². The molecule has 0 aliphatic rings. The fourth-order valence-electron chi connectivity index (χ4n) is 2.67. The van der Waals surface area contributed by atoms with Crippen LogP contribution in [0.25, 0.3) is 16.9 Å². The second-order valence-corrected chi connectivity index (χ2v) is 6.73. The zero-order chi connectivity index (χ0) is 19.4. The molecule has 0 spiro atoms. The van der Waals surface area contributed by atoms with Crippen LogP contribution in [0, 0.1) is 12.7 Å². The Hall–Kier alpha value is -2.99. The minimum atomic E-state index is -0.307. The lowest BCUT2D eigenvalue weighted by Crippen LogP contribution is -2.32. The van der Waals surface area contributed by atoms with Gasteiger partial charge in [0.1, 0.15) is 11.5 Å². The number of hydrogen-bond acceptors (Lipinski definition) is 3. The molecule has 1 aromatic heterocycles. The first-order valence-corrected chi connectivity index (χ1v) is 8.80. The number of nitrogens with one attached hydrogen (secondary N) is 1. The summed E-state index contributed by atoms with van der Waals surface area (Å²) in [5, 5.41) is 7.52. The zero-order valence-electron chi connectivity index (χ0n) is 15.7. The number of halogens is 1. The highest BCUT2D eigenvalue weighted by Gasteiger charge is 2.17. The molecule has 0 atom stereocenters. The van der Waals surface area contributed by atoms with E-state index in [2.05, 4.69) is 10.4 Å². The first-order chi connectivity index (χ1) is 12.9. The van der Waals surface area contributed by atoms with E-state index in [-0.39, 0.29) is 11.7 Å². The Morgan fingerprint density at radius 3 is 2.41 bits per heavy atom. The molecule has 5 nitrogen and oxygen atoms in total. The summed E-state index contributed by atoms with van der Waals surface area (Å²) in [6.07, 6.45) is 0. The van der Waals surface area contributed by atoms with Crippen molar-refractivity contribution < 1.29 is 9.18 Å². The van der Waals surface area contributed by atoms with Crippen molar-refractivity contribution in [3.05, 3.63) is 71.7 Å². The van der Waals surface area contributed by atoms with Crippen molar-refractivity contribution >= 4 is 5.91 Å². The minimum absolute atomic E-state index is 0.196. The Labute approximate surface area is 158 Å². The summed E-state index contributed by atoms with van der Waals surface area (Å²) in [4.78, 5) is 14.7. The van der Waals surface area contributed by atoms with Gasteiger partial charge in [-0.15, -0.1) is 0 Å². The highest BCUT2D eigenvalue weighted by molar-refractivity contribution is 5.94. The topological polar surface area (TPSA) is 50.2 Å². The SMILES string of the molecule is Cc1ccc(-n2nc(-c3ccc(F)cc3)cc2C(=O)NCCN(C)C)cc1. The van der Waals surface area contributed by atoms with Crippen LogP contribution in [0.15, 0.2) is 54.6 Å². The van der Waals surface area contributed by atoms with Gasteiger partial charge in [0.15, 0.2) is 0 Å². The van der Waals surface area contributed by atoms with Crippen LogP contribution in [-0.4, -0.2) is 47.8 Å². The van der Waals surface area contributed by atoms with Crippen molar-refractivity contribution in [2.45, 2.75) is 6.92 Å². The Morgan fingerprint density at radius 2 is 1.78 bits per heavy atom. The molecule has 2 aromatic carbocycles. The van der Waals surface area contributed by atoms with Gasteiger partial charge < -0.3 is 10.2 Å². The number of hydrogen-bond donors (Lipinski definition) is 1. The summed E-state index contributed by atoms with van der Waals surface area (Å²) in [5.41, 5.74) is 3.74. The van der Waals surface area contributed by atoms with Crippen LogP contribution in [0.4, 0.5) is 4.39 Å². The van der Waals surface area contributed by atoms with Gasteiger partial charge in [-0.05, 0) is 63.5 Å². The lowest BCUT2D eigenvalue weighted by Gasteiger charge is -2.11. The van der Waals surface area contributed by atoms with Gasteiger partial charge in [0.2, 0.25) is 0 Å². The smallest absolute Gasteiger partial charge is 0.270 e. The molecule has 27 heavy (non-hydrogen) atoms. The summed E-state index contributed by atoms with van der Waals surface area (Å²) >= 11 is 0. The number of carbonyl (C=O) groups is 1. The van der Waals surface area contributed by atoms with E-state index < -0.39 is 0 Å². The molecule has 0 saturated carbocycles. The van der Waals surface area contributed by atoms with E-state index in [9.17, 15) is 9.18 Å². The van der Waals surface area contributed by atoms with Crippen molar-refractivity contribution in [1.29, 1.82) is 0 Å². The number of nitrogens with zero attached hydrogens (tertiary/aromatic N) is 3.